The molecular weight excluding hydrogens is 452 g/mol. The number of carbonyl (C=O) groups excluding carboxylic acids is 2. The molecule has 0 bridgehead atoms. The first-order valence-corrected chi connectivity index (χ1v) is 11.2. The standard InChI is InChI=1S/C23H32N8O4/c1-23(2,3)35-22(33)30-11-9-15(10-12-30)31-14-26-29-20(31)17-7-6-8-18(27-17)28-21(32)16(13-25-4)19(24)34-5/h6-8,13-15H,9-12,24H2,1-5H3,(H,27,28,32)/b19-16-,25-13?. The lowest BCUT2D eigenvalue weighted by Gasteiger charge is -2.34. The summed E-state index contributed by atoms with van der Waals surface area (Å²) >= 11 is 0. The van der Waals surface area contributed by atoms with Crippen LogP contribution in [0, 0.1) is 0 Å². The predicted molar refractivity (Wildman–Crippen MR) is 131 cm³/mol. The third kappa shape index (κ3) is 6.55. The van der Waals surface area contributed by atoms with Crippen LogP contribution in [0.4, 0.5) is 10.6 Å². The van der Waals surface area contributed by atoms with Gasteiger partial charge in [-0.25, -0.2) is 9.78 Å². The Kier molecular flexibility index (Phi) is 8.05. The average molecular weight is 485 g/mol. The van der Waals surface area contributed by atoms with Crippen LogP contribution in [-0.4, -0.2) is 75.7 Å². The number of methoxy groups -OCH3 is 1. The highest BCUT2D eigenvalue weighted by Crippen LogP contribution is 2.28. The number of aliphatic imine (C=N–C) groups is 1. The first-order valence-electron chi connectivity index (χ1n) is 11.2. The van der Waals surface area contributed by atoms with Crippen LogP contribution in [0.5, 0.6) is 0 Å². The molecule has 1 aliphatic heterocycles. The second-order valence-corrected chi connectivity index (χ2v) is 8.99. The summed E-state index contributed by atoms with van der Waals surface area (Å²) in [5, 5.41) is 11.0. The Morgan fingerprint density at radius 1 is 1.26 bits per heavy atom. The van der Waals surface area contributed by atoms with Crippen molar-refractivity contribution in [1.29, 1.82) is 0 Å². The fourth-order valence-corrected chi connectivity index (χ4v) is 3.63. The molecule has 1 saturated heterocycles. The maximum absolute atomic E-state index is 12.7. The molecule has 0 unspecified atom stereocenters. The van der Waals surface area contributed by atoms with E-state index in [1.807, 2.05) is 25.3 Å². The van der Waals surface area contributed by atoms with E-state index in [1.165, 1.54) is 20.4 Å². The number of nitrogens with two attached hydrogens (primary N) is 1. The summed E-state index contributed by atoms with van der Waals surface area (Å²) in [4.78, 5) is 35.1. The molecule has 0 aromatic carbocycles. The number of anilines is 1. The summed E-state index contributed by atoms with van der Waals surface area (Å²) in [6.45, 7) is 6.69. The second-order valence-electron chi connectivity index (χ2n) is 8.99. The Hall–Kier alpha value is -3.96. The first kappa shape index (κ1) is 25.7. The highest BCUT2D eigenvalue weighted by atomic mass is 16.6. The largest absolute Gasteiger partial charge is 0.482 e. The van der Waals surface area contributed by atoms with Crippen LogP contribution in [0.25, 0.3) is 11.5 Å². The lowest BCUT2D eigenvalue weighted by atomic mass is 10.0. The van der Waals surface area contributed by atoms with Gasteiger partial charge in [0.25, 0.3) is 5.91 Å². The zero-order valence-electron chi connectivity index (χ0n) is 20.7. The Morgan fingerprint density at radius 3 is 2.60 bits per heavy atom. The van der Waals surface area contributed by atoms with E-state index >= 15 is 0 Å². The zero-order valence-corrected chi connectivity index (χ0v) is 20.7. The number of amides is 2. The van der Waals surface area contributed by atoms with Crippen molar-refractivity contribution in [3.63, 3.8) is 0 Å². The molecule has 1 aliphatic rings. The van der Waals surface area contributed by atoms with Gasteiger partial charge in [-0.05, 0) is 45.7 Å². The normalized spacial score (nSPS) is 15.6. The third-order valence-electron chi connectivity index (χ3n) is 5.29. The van der Waals surface area contributed by atoms with Gasteiger partial charge in [-0.2, -0.15) is 0 Å². The highest BCUT2D eigenvalue weighted by Gasteiger charge is 2.29. The van der Waals surface area contributed by atoms with Crippen molar-refractivity contribution in [2.24, 2.45) is 10.7 Å². The van der Waals surface area contributed by atoms with Crippen LogP contribution < -0.4 is 11.1 Å². The van der Waals surface area contributed by atoms with Crippen LogP contribution in [0.3, 0.4) is 0 Å². The molecule has 12 heteroatoms. The number of aromatic nitrogens is 4. The molecule has 3 rings (SSSR count). The summed E-state index contributed by atoms with van der Waals surface area (Å²) in [5.41, 5.74) is 5.86. The maximum Gasteiger partial charge on any atom is 0.410 e. The lowest BCUT2D eigenvalue weighted by molar-refractivity contribution is -0.112. The van der Waals surface area contributed by atoms with Gasteiger partial charge in [-0.15, -0.1) is 10.2 Å². The molecular formula is C23H32N8O4. The van der Waals surface area contributed by atoms with Gasteiger partial charge in [0.2, 0.25) is 0 Å². The number of rotatable bonds is 6. The molecule has 1 fully saturated rings. The Balaban J connectivity index is 1.73. The van der Waals surface area contributed by atoms with Crippen molar-refractivity contribution < 1.29 is 19.1 Å². The first-order chi connectivity index (χ1) is 16.6. The topological polar surface area (TPSA) is 150 Å². The molecule has 12 nitrogen and oxygen atoms in total. The van der Waals surface area contributed by atoms with Gasteiger partial charge in [0, 0.05) is 32.4 Å². The Morgan fingerprint density at radius 2 is 1.97 bits per heavy atom. The van der Waals surface area contributed by atoms with Gasteiger partial charge >= 0.3 is 6.09 Å². The number of piperidine rings is 1. The lowest BCUT2D eigenvalue weighted by Crippen LogP contribution is -2.42. The second kappa shape index (κ2) is 11.0. The van der Waals surface area contributed by atoms with Crippen LogP contribution >= 0.6 is 0 Å². The average Bonchev–Trinajstić information content (AvgIpc) is 3.31. The zero-order chi connectivity index (χ0) is 25.6. The fraction of sp³-hybridized carbons (Fsp3) is 0.478. The number of likely N-dealkylation sites (tertiary alicyclic amines) is 1. The van der Waals surface area contributed by atoms with Crippen molar-refractivity contribution in [3.8, 4) is 11.5 Å². The molecule has 0 radical (unpaired) electrons. The van der Waals surface area contributed by atoms with Gasteiger partial charge in [-0.3, -0.25) is 9.79 Å². The Bertz CT molecular complexity index is 1110. The smallest absolute Gasteiger partial charge is 0.410 e. The van der Waals surface area contributed by atoms with Crippen LogP contribution in [0.15, 0.2) is 41.0 Å². The van der Waals surface area contributed by atoms with Gasteiger partial charge in [0.05, 0.1) is 7.11 Å². The molecule has 0 spiro atoms. The van der Waals surface area contributed by atoms with E-state index in [2.05, 4.69) is 25.5 Å². The number of nitrogens with one attached hydrogen (secondary N) is 1. The Labute approximate surface area is 204 Å². The molecule has 3 N–H and O–H groups in total. The summed E-state index contributed by atoms with van der Waals surface area (Å²) in [7, 11) is 2.90. The van der Waals surface area contributed by atoms with Gasteiger partial charge < -0.3 is 30.0 Å². The van der Waals surface area contributed by atoms with Crippen molar-refractivity contribution in [3.05, 3.63) is 36.0 Å². The number of ether oxygens (including phenoxy) is 2. The molecule has 2 amide bonds. The molecule has 0 aliphatic carbocycles. The molecule has 2 aromatic rings. The fourth-order valence-electron chi connectivity index (χ4n) is 3.63. The van der Waals surface area contributed by atoms with E-state index in [0.29, 0.717) is 30.4 Å². The summed E-state index contributed by atoms with van der Waals surface area (Å²) < 4.78 is 12.4. The van der Waals surface area contributed by atoms with Crippen molar-refractivity contribution in [2.75, 3.05) is 32.6 Å². The van der Waals surface area contributed by atoms with Crippen LogP contribution in [0.2, 0.25) is 0 Å². The van der Waals surface area contributed by atoms with Gasteiger partial charge in [0.15, 0.2) is 11.7 Å². The monoisotopic (exact) mass is 484 g/mol. The number of nitrogens with zero attached hydrogens (tertiary/aromatic N) is 6. The number of hydrogen-bond acceptors (Lipinski definition) is 9. The van der Waals surface area contributed by atoms with Crippen LogP contribution in [-0.2, 0) is 14.3 Å². The molecule has 0 atom stereocenters. The quantitative estimate of drug-likeness (QED) is 0.360. The third-order valence-corrected chi connectivity index (χ3v) is 5.29. The molecule has 0 saturated carbocycles. The van der Waals surface area contributed by atoms with E-state index in [0.717, 1.165) is 12.8 Å². The number of pyridine rings is 1. The van der Waals surface area contributed by atoms with E-state index in [9.17, 15) is 9.59 Å². The van der Waals surface area contributed by atoms with E-state index in [-0.39, 0.29) is 23.6 Å². The molecule has 2 aromatic heterocycles. The minimum absolute atomic E-state index is 0.0540. The minimum atomic E-state index is -0.531. The van der Waals surface area contributed by atoms with E-state index < -0.39 is 11.5 Å². The number of carbonyl (C=O) groups is 2. The SMILES string of the molecule is CN=C/C(C(=O)Nc1cccc(-c2nncn2C2CCN(C(=O)OC(C)(C)C)CC2)n1)=C(\N)OC. The van der Waals surface area contributed by atoms with E-state index in [4.69, 9.17) is 15.2 Å². The summed E-state index contributed by atoms with van der Waals surface area (Å²) in [6, 6.07) is 5.31. The maximum atomic E-state index is 12.7. The molecule has 3 heterocycles. The molecule has 35 heavy (non-hydrogen) atoms. The minimum Gasteiger partial charge on any atom is -0.482 e. The van der Waals surface area contributed by atoms with Crippen LogP contribution in [0.1, 0.15) is 39.7 Å². The van der Waals surface area contributed by atoms with Crippen molar-refractivity contribution in [2.45, 2.75) is 45.3 Å². The van der Waals surface area contributed by atoms with Gasteiger partial charge in [-0.1, -0.05) is 6.07 Å². The van der Waals surface area contributed by atoms with Gasteiger partial charge in [0.1, 0.15) is 29.0 Å². The van der Waals surface area contributed by atoms with Crippen molar-refractivity contribution in [1.82, 2.24) is 24.6 Å². The van der Waals surface area contributed by atoms with E-state index in [1.54, 1.807) is 29.4 Å². The summed E-state index contributed by atoms with van der Waals surface area (Å²) in [6.07, 6.45) is 4.12. The number of hydrogen-bond donors (Lipinski definition) is 2. The molecule has 188 valence electrons. The predicted octanol–water partition coefficient (Wildman–Crippen LogP) is 2.37. The summed E-state index contributed by atoms with van der Waals surface area (Å²) in [5.74, 6) is 0.323. The highest BCUT2D eigenvalue weighted by molar-refractivity contribution is 6.17. The van der Waals surface area contributed by atoms with Crippen molar-refractivity contribution >= 4 is 24.0 Å².